The maximum Gasteiger partial charge on any atom is 0.123 e. The molecule has 1 spiro atoms. The van der Waals surface area contributed by atoms with Gasteiger partial charge in [-0.15, -0.1) is 0 Å². The monoisotopic (exact) mass is 294 g/mol. The van der Waals surface area contributed by atoms with Crippen molar-refractivity contribution < 1.29 is 19.0 Å². The molecule has 2 fully saturated rings. The van der Waals surface area contributed by atoms with E-state index in [-0.39, 0.29) is 17.3 Å². The molecule has 0 aliphatic carbocycles. The molecule has 4 heteroatoms. The van der Waals surface area contributed by atoms with Crippen molar-refractivity contribution in [1.82, 2.24) is 0 Å². The number of rotatable bonds is 2. The van der Waals surface area contributed by atoms with Crippen molar-refractivity contribution in [3.63, 3.8) is 0 Å². The predicted octanol–water partition coefficient (Wildman–Crippen LogP) is 3.14. The van der Waals surface area contributed by atoms with Crippen molar-refractivity contribution in [1.29, 1.82) is 0 Å². The van der Waals surface area contributed by atoms with Gasteiger partial charge in [0.1, 0.15) is 5.82 Å². The van der Waals surface area contributed by atoms with E-state index in [0.717, 1.165) is 44.5 Å². The smallest absolute Gasteiger partial charge is 0.123 e. The lowest BCUT2D eigenvalue weighted by atomic mass is 9.77. The zero-order valence-electron chi connectivity index (χ0n) is 12.5. The zero-order valence-corrected chi connectivity index (χ0v) is 12.5. The first kappa shape index (κ1) is 14.9. The molecule has 2 aliphatic heterocycles. The Morgan fingerprint density at radius 1 is 1.24 bits per heavy atom. The fraction of sp³-hybridized carbons (Fsp3) is 0.647. The minimum atomic E-state index is -0.622. The van der Waals surface area contributed by atoms with E-state index in [2.05, 4.69) is 0 Å². The molecule has 1 aromatic carbocycles. The maximum absolute atomic E-state index is 13.6. The summed E-state index contributed by atoms with van der Waals surface area (Å²) in [6.45, 7) is 3.96. The molecule has 2 unspecified atom stereocenters. The van der Waals surface area contributed by atoms with Crippen LogP contribution in [0.3, 0.4) is 0 Å². The van der Waals surface area contributed by atoms with E-state index in [1.54, 1.807) is 0 Å². The number of hydrogen-bond donors (Lipinski definition) is 1. The summed E-state index contributed by atoms with van der Waals surface area (Å²) >= 11 is 0. The largest absolute Gasteiger partial charge is 0.388 e. The van der Waals surface area contributed by atoms with Gasteiger partial charge in [-0.2, -0.15) is 0 Å². The first-order chi connectivity index (χ1) is 10.1. The molecular weight excluding hydrogens is 271 g/mol. The maximum atomic E-state index is 13.6. The zero-order chi connectivity index (χ0) is 14.9. The van der Waals surface area contributed by atoms with Crippen LogP contribution in [0, 0.1) is 18.7 Å². The van der Waals surface area contributed by atoms with Gasteiger partial charge in [-0.05, 0) is 61.8 Å². The number of ether oxygens (including phenoxy) is 2. The van der Waals surface area contributed by atoms with E-state index in [0.29, 0.717) is 12.2 Å². The highest BCUT2D eigenvalue weighted by atomic mass is 19.1. The lowest BCUT2D eigenvalue weighted by Gasteiger charge is -2.44. The van der Waals surface area contributed by atoms with E-state index >= 15 is 0 Å². The Morgan fingerprint density at radius 3 is 2.71 bits per heavy atom. The van der Waals surface area contributed by atoms with Gasteiger partial charge in [0.25, 0.3) is 0 Å². The number of aryl methyl sites for hydroxylation is 1. The van der Waals surface area contributed by atoms with E-state index in [9.17, 15) is 9.50 Å². The summed E-state index contributed by atoms with van der Waals surface area (Å²) in [6.07, 6.45) is 2.80. The minimum Gasteiger partial charge on any atom is -0.388 e. The van der Waals surface area contributed by atoms with Gasteiger partial charge in [0, 0.05) is 19.8 Å². The summed E-state index contributed by atoms with van der Waals surface area (Å²) in [7, 11) is 0. The van der Waals surface area contributed by atoms with E-state index in [4.69, 9.17) is 9.47 Å². The first-order valence-electron chi connectivity index (χ1n) is 7.75. The average molecular weight is 294 g/mol. The molecule has 0 aromatic heterocycles. The van der Waals surface area contributed by atoms with Crippen LogP contribution < -0.4 is 0 Å². The lowest BCUT2D eigenvalue weighted by molar-refractivity contribution is -0.159. The van der Waals surface area contributed by atoms with Gasteiger partial charge in [-0.25, -0.2) is 4.39 Å². The molecule has 2 atom stereocenters. The summed E-state index contributed by atoms with van der Waals surface area (Å²) in [5.41, 5.74) is 1.38. The van der Waals surface area contributed by atoms with Crippen LogP contribution in [0.5, 0.6) is 0 Å². The Labute approximate surface area is 125 Å². The summed E-state index contributed by atoms with van der Waals surface area (Å²) in [5.74, 6) is -0.157. The molecule has 3 nitrogen and oxygen atoms in total. The normalized spacial score (nSPS) is 26.7. The van der Waals surface area contributed by atoms with Crippen molar-refractivity contribution in [3.05, 3.63) is 35.1 Å². The molecule has 3 rings (SSSR count). The van der Waals surface area contributed by atoms with Gasteiger partial charge in [0.2, 0.25) is 0 Å². The van der Waals surface area contributed by atoms with Gasteiger partial charge in [-0.1, -0.05) is 6.07 Å². The molecule has 116 valence electrons. The Morgan fingerprint density at radius 2 is 2.00 bits per heavy atom. The van der Waals surface area contributed by atoms with Crippen LogP contribution in [-0.2, 0) is 9.47 Å². The molecule has 2 heterocycles. The number of halogens is 1. The Bertz CT molecular complexity index is 471. The lowest BCUT2D eigenvalue weighted by Crippen LogP contribution is -2.45. The molecule has 2 saturated heterocycles. The Hall–Kier alpha value is -0.970. The summed E-state index contributed by atoms with van der Waals surface area (Å²) < 4.78 is 25.0. The van der Waals surface area contributed by atoms with Gasteiger partial charge in [0.15, 0.2) is 0 Å². The van der Waals surface area contributed by atoms with Gasteiger partial charge >= 0.3 is 0 Å². The van der Waals surface area contributed by atoms with E-state index < -0.39 is 6.10 Å². The molecule has 1 aromatic rings. The van der Waals surface area contributed by atoms with E-state index in [1.165, 1.54) is 12.1 Å². The van der Waals surface area contributed by atoms with Crippen LogP contribution in [0.2, 0.25) is 0 Å². The highest BCUT2D eigenvalue weighted by Gasteiger charge is 2.41. The van der Waals surface area contributed by atoms with Gasteiger partial charge in [-0.3, -0.25) is 0 Å². The van der Waals surface area contributed by atoms with Crippen molar-refractivity contribution >= 4 is 0 Å². The van der Waals surface area contributed by atoms with E-state index in [1.807, 2.05) is 13.0 Å². The summed E-state index contributed by atoms with van der Waals surface area (Å²) in [4.78, 5) is 0. The first-order valence-corrected chi connectivity index (χ1v) is 7.75. The second-order valence-corrected chi connectivity index (χ2v) is 6.40. The third-order valence-electron chi connectivity index (χ3n) is 4.79. The summed E-state index contributed by atoms with van der Waals surface area (Å²) in [6, 6.07) is 4.81. The number of hydrogen-bond acceptors (Lipinski definition) is 3. The second-order valence-electron chi connectivity index (χ2n) is 6.40. The quantitative estimate of drug-likeness (QED) is 0.910. The number of aliphatic hydroxyl groups is 1. The summed E-state index contributed by atoms with van der Waals surface area (Å²) in [5, 5.41) is 10.7. The van der Waals surface area contributed by atoms with Crippen LogP contribution in [-0.4, -0.2) is 30.5 Å². The third-order valence-corrected chi connectivity index (χ3v) is 4.79. The van der Waals surface area contributed by atoms with Crippen LogP contribution in [0.15, 0.2) is 18.2 Å². The fourth-order valence-electron chi connectivity index (χ4n) is 3.63. The van der Waals surface area contributed by atoms with Crippen molar-refractivity contribution in [3.8, 4) is 0 Å². The Balaban J connectivity index is 1.76. The predicted molar refractivity (Wildman–Crippen MR) is 77.6 cm³/mol. The topological polar surface area (TPSA) is 38.7 Å². The van der Waals surface area contributed by atoms with Crippen molar-refractivity contribution in [2.75, 3.05) is 19.8 Å². The molecule has 0 amide bonds. The Kier molecular flexibility index (Phi) is 4.29. The molecular formula is C17H23FO3. The number of aliphatic hydroxyl groups excluding tert-OH is 1. The second kappa shape index (κ2) is 6.03. The third kappa shape index (κ3) is 3.28. The fourth-order valence-corrected chi connectivity index (χ4v) is 3.63. The van der Waals surface area contributed by atoms with Crippen molar-refractivity contribution in [2.45, 2.75) is 44.3 Å². The SMILES string of the molecule is Cc1cc(F)cc(C(O)C2CCOC3(CCOCC3)C2)c1. The minimum absolute atomic E-state index is 0.123. The highest BCUT2D eigenvalue weighted by molar-refractivity contribution is 5.26. The van der Waals surface area contributed by atoms with Crippen LogP contribution in [0.25, 0.3) is 0 Å². The van der Waals surface area contributed by atoms with Gasteiger partial charge in [0.05, 0.1) is 11.7 Å². The molecule has 2 aliphatic rings. The van der Waals surface area contributed by atoms with Gasteiger partial charge < -0.3 is 14.6 Å². The van der Waals surface area contributed by atoms with Crippen LogP contribution in [0.4, 0.5) is 4.39 Å². The standard InChI is InChI=1S/C17H23FO3/c1-12-8-14(10-15(18)9-12)16(19)13-2-5-21-17(11-13)3-6-20-7-4-17/h8-10,13,16,19H,2-7,11H2,1H3. The highest BCUT2D eigenvalue weighted by Crippen LogP contribution is 2.41. The molecule has 0 radical (unpaired) electrons. The molecule has 0 bridgehead atoms. The van der Waals surface area contributed by atoms with Crippen LogP contribution in [0.1, 0.15) is 42.9 Å². The molecule has 1 N–H and O–H groups in total. The number of benzene rings is 1. The average Bonchev–Trinajstić information content (AvgIpc) is 2.46. The molecule has 21 heavy (non-hydrogen) atoms. The molecule has 0 saturated carbocycles. The van der Waals surface area contributed by atoms with Crippen LogP contribution >= 0.6 is 0 Å². The van der Waals surface area contributed by atoms with Crippen molar-refractivity contribution in [2.24, 2.45) is 5.92 Å².